The molecular formula is C19H27N5O2. The third-order valence-electron chi connectivity index (χ3n) is 5.43. The lowest BCUT2D eigenvalue weighted by Gasteiger charge is -2.19. The second-order valence-corrected chi connectivity index (χ2v) is 7.44. The van der Waals surface area contributed by atoms with Gasteiger partial charge in [-0.25, -0.2) is 9.67 Å². The Balaban J connectivity index is 1.48. The van der Waals surface area contributed by atoms with Crippen LogP contribution in [0, 0.1) is 5.92 Å². The number of likely N-dealkylation sites (tertiary alicyclic amines) is 1. The van der Waals surface area contributed by atoms with Gasteiger partial charge in [-0.1, -0.05) is 0 Å². The first-order chi connectivity index (χ1) is 12.7. The van der Waals surface area contributed by atoms with E-state index in [4.69, 9.17) is 9.84 Å². The predicted octanol–water partition coefficient (Wildman–Crippen LogP) is 1.39. The van der Waals surface area contributed by atoms with Gasteiger partial charge in [-0.15, -0.1) is 0 Å². The molecule has 140 valence electrons. The Bertz CT molecular complexity index is 768. The molecule has 2 aliphatic rings. The molecule has 2 atom stereocenters. The highest BCUT2D eigenvalue weighted by molar-refractivity contribution is 5.79. The van der Waals surface area contributed by atoms with E-state index in [2.05, 4.69) is 21.3 Å². The Kier molecular flexibility index (Phi) is 5.17. The average molecular weight is 357 g/mol. The number of nitrogens with zero attached hydrogens (tertiary/aromatic N) is 4. The topological polar surface area (TPSA) is 72.3 Å². The number of pyridine rings is 1. The smallest absolute Gasteiger partial charge is 0.216 e. The van der Waals surface area contributed by atoms with Gasteiger partial charge in [0.25, 0.3) is 0 Å². The molecule has 26 heavy (non-hydrogen) atoms. The van der Waals surface area contributed by atoms with Crippen LogP contribution in [0.4, 0.5) is 0 Å². The van der Waals surface area contributed by atoms with Crippen LogP contribution in [-0.4, -0.2) is 65.0 Å². The lowest BCUT2D eigenvalue weighted by atomic mass is 10.0. The molecule has 0 aromatic carbocycles. The Morgan fingerprint density at radius 3 is 3.15 bits per heavy atom. The van der Waals surface area contributed by atoms with Crippen molar-refractivity contribution in [1.29, 1.82) is 0 Å². The van der Waals surface area contributed by atoms with E-state index < -0.39 is 0 Å². The molecule has 2 aliphatic heterocycles. The maximum atomic E-state index is 11.1. The van der Waals surface area contributed by atoms with Crippen LogP contribution in [0.15, 0.2) is 18.3 Å². The summed E-state index contributed by atoms with van der Waals surface area (Å²) in [4.78, 5) is 18.2. The summed E-state index contributed by atoms with van der Waals surface area (Å²) in [5, 5.41) is 8.87. The van der Waals surface area contributed by atoms with E-state index in [1.807, 2.05) is 16.9 Å². The van der Waals surface area contributed by atoms with Crippen LogP contribution in [0.3, 0.4) is 0 Å². The fraction of sp³-hybridized carbons (Fsp3) is 0.632. The molecule has 2 fully saturated rings. The molecule has 0 unspecified atom stereocenters. The Hall–Kier alpha value is -1.99. The summed E-state index contributed by atoms with van der Waals surface area (Å²) >= 11 is 0. The average Bonchev–Trinajstić information content (AvgIpc) is 3.36. The van der Waals surface area contributed by atoms with E-state index in [0.29, 0.717) is 24.9 Å². The van der Waals surface area contributed by atoms with Crippen LogP contribution in [0.2, 0.25) is 0 Å². The van der Waals surface area contributed by atoms with Crippen LogP contribution in [0.5, 0.6) is 0 Å². The fourth-order valence-corrected chi connectivity index (χ4v) is 4.14. The molecule has 7 heteroatoms. The quantitative estimate of drug-likeness (QED) is 0.846. The van der Waals surface area contributed by atoms with E-state index in [9.17, 15) is 4.79 Å². The van der Waals surface area contributed by atoms with Crippen molar-refractivity contribution in [2.45, 2.75) is 32.2 Å². The highest BCUT2D eigenvalue weighted by atomic mass is 16.5. The van der Waals surface area contributed by atoms with Crippen LogP contribution < -0.4 is 5.32 Å². The van der Waals surface area contributed by atoms with Crippen LogP contribution >= 0.6 is 0 Å². The van der Waals surface area contributed by atoms with E-state index in [0.717, 1.165) is 56.0 Å². The minimum atomic E-state index is -0.0167. The third kappa shape index (κ3) is 3.73. The summed E-state index contributed by atoms with van der Waals surface area (Å²) in [5.41, 5.74) is 2.07. The van der Waals surface area contributed by atoms with Crippen molar-refractivity contribution in [2.24, 2.45) is 5.92 Å². The van der Waals surface area contributed by atoms with E-state index in [-0.39, 0.29) is 5.91 Å². The number of nitrogens with one attached hydrogen (secondary N) is 1. The zero-order valence-electron chi connectivity index (χ0n) is 15.4. The minimum Gasteiger partial charge on any atom is -0.381 e. The molecule has 4 rings (SSSR count). The van der Waals surface area contributed by atoms with Crippen molar-refractivity contribution in [2.75, 3.05) is 39.4 Å². The SMILES string of the molecule is CC(=O)NCCn1nc([C@H]2CCN(C[C@@H]3CCOC3)C2)c2cccnc21. The number of rotatable bonds is 6. The summed E-state index contributed by atoms with van der Waals surface area (Å²) in [6.07, 6.45) is 4.13. The zero-order valence-corrected chi connectivity index (χ0v) is 15.4. The molecule has 1 N–H and O–H groups in total. The molecule has 0 saturated carbocycles. The van der Waals surface area contributed by atoms with Crippen LogP contribution in [0.25, 0.3) is 11.0 Å². The Morgan fingerprint density at radius 2 is 2.35 bits per heavy atom. The molecule has 4 heterocycles. The van der Waals surface area contributed by atoms with Crippen LogP contribution in [-0.2, 0) is 16.1 Å². The number of amides is 1. The molecule has 0 radical (unpaired) electrons. The monoisotopic (exact) mass is 357 g/mol. The van der Waals surface area contributed by atoms with Gasteiger partial charge >= 0.3 is 0 Å². The highest BCUT2D eigenvalue weighted by Crippen LogP contribution is 2.32. The Labute approximate surface area is 153 Å². The second-order valence-electron chi connectivity index (χ2n) is 7.44. The molecular weight excluding hydrogens is 330 g/mol. The summed E-state index contributed by atoms with van der Waals surface area (Å²) in [7, 11) is 0. The van der Waals surface area contributed by atoms with Gasteiger partial charge in [0, 0.05) is 50.7 Å². The number of hydrogen-bond donors (Lipinski definition) is 1. The van der Waals surface area contributed by atoms with Gasteiger partial charge in [-0.2, -0.15) is 5.10 Å². The van der Waals surface area contributed by atoms with E-state index >= 15 is 0 Å². The molecule has 2 aromatic rings. The number of carbonyl (C=O) groups is 1. The van der Waals surface area contributed by atoms with Gasteiger partial charge in [-0.3, -0.25) is 4.79 Å². The standard InChI is InChI=1S/C19H27N5O2/c1-14(25)20-7-9-24-19-17(3-2-6-21-19)18(22-24)16-4-8-23(12-16)11-15-5-10-26-13-15/h2-3,6,15-16H,4-5,7-13H2,1H3,(H,20,25)/t15-,16-/m0/s1. The van der Waals surface area contributed by atoms with Gasteiger partial charge in [0.05, 0.1) is 18.8 Å². The number of carbonyl (C=O) groups excluding carboxylic acids is 1. The maximum Gasteiger partial charge on any atom is 0.216 e. The van der Waals surface area contributed by atoms with Crippen LogP contribution in [0.1, 0.15) is 31.4 Å². The predicted molar refractivity (Wildman–Crippen MR) is 98.9 cm³/mol. The highest BCUT2D eigenvalue weighted by Gasteiger charge is 2.30. The fourth-order valence-electron chi connectivity index (χ4n) is 4.14. The lowest BCUT2D eigenvalue weighted by molar-refractivity contribution is -0.118. The lowest BCUT2D eigenvalue weighted by Crippen LogP contribution is -2.27. The molecule has 0 bridgehead atoms. The maximum absolute atomic E-state index is 11.1. The number of aromatic nitrogens is 3. The van der Waals surface area contributed by atoms with Gasteiger partial charge in [0.15, 0.2) is 5.65 Å². The van der Waals surface area contributed by atoms with Crippen molar-refractivity contribution in [3.05, 3.63) is 24.0 Å². The number of ether oxygens (including phenoxy) is 1. The molecule has 0 spiro atoms. The summed E-state index contributed by atoms with van der Waals surface area (Å²) in [6, 6.07) is 4.10. The Morgan fingerprint density at radius 1 is 1.42 bits per heavy atom. The molecule has 0 aliphatic carbocycles. The van der Waals surface area contributed by atoms with E-state index in [1.165, 1.54) is 13.3 Å². The number of hydrogen-bond acceptors (Lipinski definition) is 5. The van der Waals surface area contributed by atoms with Gasteiger partial charge in [-0.05, 0) is 37.4 Å². The molecule has 7 nitrogen and oxygen atoms in total. The normalized spacial score (nSPS) is 23.7. The van der Waals surface area contributed by atoms with Gasteiger partial charge in [0.2, 0.25) is 5.91 Å². The zero-order chi connectivity index (χ0) is 17.9. The third-order valence-corrected chi connectivity index (χ3v) is 5.43. The minimum absolute atomic E-state index is 0.0167. The van der Waals surface area contributed by atoms with E-state index in [1.54, 1.807) is 0 Å². The largest absolute Gasteiger partial charge is 0.381 e. The molecule has 1 amide bonds. The second kappa shape index (κ2) is 7.72. The van der Waals surface area contributed by atoms with Crippen molar-refractivity contribution in [3.8, 4) is 0 Å². The molecule has 2 aromatic heterocycles. The first kappa shape index (κ1) is 17.4. The molecule has 2 saturated heterocycles. The van der Waals surface area contributed by atoms with Gasteiger partial charge < -0.3 is 15.0 Å². The van der Waals surface area contributed by atoms with Gasteiger partial charge in [0.1, 0.15) is 0 Å². The van der Waals surface area contributed by atoms with Crippen molar-refractivity contribution in [1.82, 2.24) is 25.0 Å². The summed E-state index contributed by atoms with van der Waals surface area (Å²) in [6.45, 7) is 7.89. The van der Waals surface area contributed by atoms with Crippen molar-refractivity contribution < 1.29 is 9.53 Å². The summed E-state index contributed by atoms with van der Waals surface area (Å²) in [5.74, 6) is 1.12. The van der Waals surface area contributed by atoms with Crippen molar-refractivity contribution in [3.63, 3.8) is 0 Å². The first-order valence-corrected chi connectivity index (χ1v) is 9.56. The van der Waals surface area contributed by atoms with Crippen molar-refractivity contribution >= 4 is 16.9 Å². The summed E-state index contributed by atoms with van der Waals surface area (Å²) < 4.78 is 7.45. The first-order valence-electron chi connectivity index (χ1n) is 9.56. The number of fused-ring (bicyclic) bond motifs is 1.